The van der Waals surface area contributed by atoms with E-state index in [2.05, 4.69) is 15.4 Å². The smallest absolute Gasteiger partial charge is 0.244 e. The molecule has 0 fully saturated rings. The van der Waals surface area contributed by atoms with Crippen LogP contribution in [0.5, 0.6) is 0 Å². The molecule has 1 amide bonds. The molecule has 1 N–H and O–H groups in total. The Bertz CT molecular complexity index is 614. The maximum Gasteiger partial charge on any atom is 0.244 e. The van der Waals surface area contributed by atoms with E-state index in [1.54, 1.807) is 6.92 Å². The molecule has 22 heavy (non-hydrogen) atoms. The van der Waals surface area contributed by atoms with Gasteiger partial charge in [-0.25, -0.2) is 9.67 Å². The predicted molar refractivity (Wildman–Crippen MR) is 85.6 cm³/mol. The summed E-state index contributed by atoms with van der Waals surface area (Å²) in [6.45, 7) is 2.25. The summed E-state index contributed by atoms with van der Waals surface area (Å²) in [6.07, 6.45) is 2.94. The molecule has 118 valence electrons. The molecule has 0 aliphatic rings. The van der Waals surface area contributed by atoms with Crippen molar-refractivity contribution in [3.05, 3.63) is 47.5 Å². The highest BCUT2D eigenvalue weighted by Crippen LogP contribution is 2.25. The van der Waals surface area contributed by atoms with Gasteiger partial charge in [0, 0.05) is 11.6 Å². The molecule has 0 saturated carbocycles. The molecular formula is C15H20ClN5O. The van der Waals surface area contributed by atoms with Crippen LogP contribution < -0.4 is 5.32 Å². The molecule has 2 aromatic rings. The Morgan fingerprint density at radius 1 is 1.41 bits per heavy atom. The third-order valence-electron chi connectivity index (χ3n) is 3.57. The third kappa shape index (κ3) is 3.84. The number of benzene rings is 1. The SMILES string of the molecule is C[C@H](C(=O)NC[C@@H](c1ccccc1Cl)N(C)C)n1cncn1. The van der Waals surface area contributed by atoms with E-state index in [0.717, 1.165) is 5.56 Å². The summed E-state index contributed by atoms with van der Waals surface area (Å²) >= 11 is 6.26. The van der Waals surface area contributed by atoms with Crippen LogP contribution in [0.25, 0.3) is 0 Å². The van der Waals surface area contributed by atoms with Gasteiger partial charge in [0.25, 0.3) is 0 Å². The number of likely N-dealkylation sites (N-methyl/N-ethyl adjacent to an activating group) is 1. The lowest BCUT2D eigenvalue weighted by Gasteiger charge is -2.26. The van der Waals surface area contributed by atoms with Crippen molar-refractivity contribution < 1.29 is 4.79 Å². The van der Waals surface area contributed by atoms with Gasteiger partial charge in [-0.05, 0) is 32.6 Å². The molecule has 7 heteroatoms. The van der Waals surface area contributed by atoms with Crippen molar-refractivity contribution in [2.75, 3.05) is 20.6 Å². The lowest BCUT2D eigenvalue weighted by atomic mass is 10.1. The molecule has 0 saturated heterocycles. The number of carbonyl (C=O) groups excluding carboxylic acids is 1. The first-order valence-corrected chi connectivity index (χ1v) is 7.41. The second kappa shape index (κ2) is 7.38. The van der Waals surface area contributed by atoms with Crippen LogP contribution >= 0.6 is 11.6 Å². The summed E-state index contributed by atoms with van der Waals surface area (Å²) in [5, 5.41) is 7.63. The first kappa shape index (κ1) is 16.5. The highest BCUT2D eigenvalue weighted by atomic mass is 35.5. The monoisotopic (exact) mass is 321 g/mol. The molecule has 0 unspecified atom stereocenters. The van der Waals surface area contributed by atoms with Crippen molar-refractivity contribution >= 4 is 17.5 Å². The first-order chi connectivity index (χ1) is 10.5. The zero-order chi connectivity index (χ0) is 16.1. The molecular weight excluding hydrogens is 302 g/mol. The van der Waals surface area contributed by atoms with E-state index in [9.17, 15) is 4.79 Å². The fourth-order valence-electron chi connectivity index (χ4n) is 2.20. The number of hydrogen-bond acceptors (Lipinski definition) is 4. The molecule has 0 bridgehead atoms. The molecule has 1 aromatic heterocycles. The molecule has 0 aliphatic carbocycles. The van der Waals surface area contributed by atoms with Crippen molar-refractivity contribution in [3.63, 3.8) is 0 Å². The van der Waals surface area contributed by atoms with Crippen LogP contribution in [0.15, 0.2) is 36.9 Å². The maximum absolute atomic E-state index is 12.2. The zero-order valence-electron chi connectivity index (χ0n) is 12.9. The molecule has 2 atom stereocenters. The summed E-state index contributed by atoms with van der Waals surface area (Å²) in [5.74, 6) is -0.107. The maximum atomic E-state index is 12.2. The minimum Gasteiger partial charge on any atom is -0.352 e. The van der Waals surface area contributed by atoms with E-state index in [1.165, 1.54) is 17.3 Å². The van der Waals surface area contributed by atoms with E-state index in [4.69, 9.17) is 11.6 Å². The Balaban J connectivity index is 2.04. The Hall–Kier alpha value is -1.92. The first-order valence-electron chi connectivity index (χ1n) is 7.03. The van der Waals surface area contributed by atoms with Crippen LogP contribution in [0.1, 0.15) is 24.6 Å². The van der Waals surface area contributed by atoms with E-state index < -0.39 is 6.04 Å². The van der Waals surface area contributed by atoms with Crippen molar-refractivity contribution in [2.45, 2.75) is 19.0 Å². The highest BCUT2D eigenvalue weighted by molar-refractivity contribution is 6.31. The summed E-state index contributed by atoms with van der Waals surface area (Å²) in [5.41, 5.74) is 0.989. The predicted octanol–water partition coefficient (Wildman–Crippen LogP) is 1.91. The number of nitrogens with one attached hydrogen (secondary N) is 1. The van der Waals surface area contributed by atoms with Gasteiger partial charge >= 0.3 is 0 Å². The van der Waals surface area contributed by atoms with Crippen molar-refractivity contribution in [3.8, 4) is 0 Å². The molecule has 0 radical (unpaired) electrons. The summed E-state index contributed by atoms with van der Waals surface area (Å²) in [4.78, 5) is 18.1. The van der Waals surface area contributed by atoms with Gasteiger partial charge in [0.05, 0.1) is 6.04 Å². The molecule has 0 aliphatic heterocycles. The third-order valence-corrected chi connectivity index (χ3v) is 3.91. The Morgan fingerprint density at radius 2 is 2.14 bits per heavy atom. The lowest BCUT2D eigenvalue weighted by molar-refractivity contribution is -0.124. The fraction of sp³-hybridized carbons (Fsp3) is 0.400. The van der Waals surface area contributed by atoms with Crippen LogP contribution in [0.4, 0.5) is 0 Å². The van der Waals surface area contributed by atoms with Gasteiger partial charge < -0.3 is 10.2 Å². The number of halogens is 1. The number of amides is 1. The number of carbonyl (C=O) groups is 1. The van der Waals surface area contributed by atoms with E-state index >= 15 is 0 Å². The molecule has 1 heterocycles. The van der Waals surface area contributed by atoms with Crippen molar-refractivity contribution in [2.24, 2.45) is 0 Å². The average molecular weight is 322 g/mol. The van der Waals surface area contributed by atoms with Crippen LogP contribution in [0, 0.1) is 0 Å². The summed E-state index contributed by atoms with van der Waals surface area (Å²) in [6, 6.07) is 7.26. The van der Waals surface area contributed by atoms with Crippen LogP contribution in [0.3, 0.4) is 0 Å². The van der Waals surface area contributed by atoms with Gasteiger partial charge in [0.15, 0.2) is 0 Å². The zero-order valence-corrected chi connectivity index (χ0v) is 13.7. The quantitative estimate of drug-likeness (QED) is 0.883. The fourth-order valence-corrected chi connectivity index (χ4v) is 2.46. The van der Waals surface area contributed by atoms with E-state index in [-0.39, 0.29) is 11.9 Å². The average Bonchev–Trinajstić information content (AvgIpc) is 3.02. The number of hydrogen-bond donors (Lipinski definition) is 1. The van der Waals surface area contributed by atoms with Crippen molar-refractivity contribution in [1.82, 2.24) is 25.0 Å². The number of nitrogens with zero attached hydrogens (tertiary/aromatic N) is 4. The van der Waals surface area contributed by atoms with Crippen molar-refractivity contribution in [1.29, 1.82) is 0 Å². The van der Waals surface area contributed by atoms with Crippen LogP contribution in [-0.2, 0) is 4.79 Å². The molecule has 1 aromatic carbocycles. The van der Waals surface area contributed by atoms with Gasteiger partial charge in [-0.2, -0.15) is 5.10 Å². The standard InChI is InChI=1S/C15H20ClN5O/c1-11(21-10-17-9-19-21)15(22)18-8-14(20(2)3)12-6-4-5-7-13(12)16/h4-7,9-11,14H,8H2,1-3H3,(H,18,22)/t11-,14+/m1/s1. The number of aromatic nitrogens is 3. The molecule has 2 rings (SSSR count). The normalized spacial score (nSPS) is 13.9. The lowest BCUT2D eigenvalue weighted by Crippen LogP contribution is -2.38. The van der Waals surface area contributed by atoms with Gasteiger partial charge in [0.2, 0.25) is 5.91 Å². The molecule has 0 spiro atoms. The van der Waals surface area contributed by atoms with Crippen LogP contribution in [0.2, 0.25) is 5.02 Å². The highest BCUT2D eigenvalue weighted by Gasteiger charge is 2.20. The minimum absolute atomic E-state index is 0.000552. The summed E-state index contributed by atoms with van der Waals surface area (Å²) in [7, 11) is 3.92. The van der Waals surface area contributed by atoms with E-state index in [0.29, 0.717) is 11.6 Å². The second-order valence-electron chi connectivity index (χ2n) is 5.30. The molecule has 6 nitrogen and oxygen atoms in total. The topological polar surface area (TPSA) is 63.1 Å². The Kier molecular flexibility index (Phi) is 5.51. The Morgan fingerprint density at radius 3 is 2.73 bits per heavy atom. The van der Waals surface area contributed by atoms with Gasteiger partial charge in [0.1, 0.15) is 18.7 Å². The largest absolute Gasteiger partial charge is 0.352 e. The van der Waals surface area contributed by atoms with Gasteiger partial charge in [-0.15, -0.1) is 0 Å². The summed E-state index contributed by atoms with van der Waals surface area (Å²) < 4.78 is 1.52. The Labute approximate surface area is 135 Å². The van der Waals surface area contributed by atoms with Crippen LogP contribution in [-0.4, -0.2) is 46.2 Å². The number of rotatable bonds is 6. The van der Waals surface area contributed by atoms with Gasteiger partial charge in [-0.1, -0.05) is 29.8 Å². The second-order valence-corrected chi connectivity index (χ2v) is 5.70. The van der Waals surface area contributed by atoms with Gasteiger partial charge in [-0.3, -0.25) is 4.79 Å². The minimum atomic E-state index is -0.406. The van der Waals surface area contributed by atoms with E-state index in [1.807, 2.05) is 43.3 Å².